The van der Waals surface area contributed by atoms with Crippen molar-refractivity contribution in [1.82, 2.24) is 19.9 Å². The van der Waals surface area contributed by atoms with E-state index >= 15 is 0 Å². The van der Waals surface area contributed by atoms with Crippen LogP contribution < -0.4 is 5.32 Å². The zero-order chi connectivity index (χ0) is 12.8. The number of amides is 1. The number of nitrogens with one attached hydrogen (secondary N) is 1. The van der Waals surface area contributed by atoms with Gasteiger partial charge in [0.2, 0.25) is 5.91 Å². The number of aromatic nitrogens is 3. The molecule has 0 aliphatic rings. The Kier molecular flexibility index (Phi) is 4.30. The van der Waals surface area contributed by atoms with E-state index in [1.54, 1.807) is 12.4 Å². The molecule has 0 atom stereocenters. The molecule has 0 fully saturated rings. The Bertz CT molecular complexity index is 512. The lowest BCUT2D eigenvalue weighted by Gasteiger charge is -2.07. The molecule has 94 valence electrons. The highest BCUT2D eigenvalue weighted by Crippen LogP contribution is 2.13. The van der Waals surface area contributed by atoms with Crippen molar-refractivity contribution in [3.8, 4) is 11.5 Å². The lowest BCUT2D eigenvalue weighted by Crippen LogP contribution is -2.28. The predicted molar refractivity (Wildman–Crippen MR) is 69.2 cm³/mol. The standard InChI is InChI=1S/C12H13ClN4O/c13-9-11(18)15-5-7-17-8-6-16-12(17)10-3-1-2-4-14-10/h1-4,6,8H,5,7,9H2,(H,15,18). The molecule has 6 heteroatoms. The van der Waals surface area contributed by atoms with Crippen LogP contribution in [0.15, 0.2) is 36.8 Å². The van der Waals surface area contributed by atoms with Gasteiger partial charge in [-0.1, -0.05) is 6.07 Å². The zero-order valence-electron chi connectivity index (χ0n) is 9.71. The van der Waals surface area contributed by atoms with Crippen molar-refractivity contribution >= 4 is 17.5 Å². The van der Waals surface area contributed by atoms with Crippen molar-refractivity contribution in [1.29, 1.82) is 0 Å². The number of carbonyl (C=O) groups excluding carboxylic acids is 1. The number of nitrogens with zero attached hydrogens (tertiary/aromatic N) is 3. The van der Waals surface area contributed by atoms with Gasteiger partial charge in [0.15, 0.2) is 5.82 Å². The van der Waals surface area contributed by atoms with Gasteiger partial charge in [-0.25, -0.2) is 4.98 Å². The van der Waals surface area contributed by atoms with Gasteiger partial charge >= 0.3 is 0 Å². The first kappa shape index (κ1) is 12.6. The smallest absolute Gasteiger partial charge is 0.234 e. The predicted octanol–water partition coefficient (Wildman–Crippen LogP) is 1.30. The van der Waals surface area contributed by atoms with Gasteiger partial charge in [-0.05, 0) is 12.1 Å². The van der Waals surface area contributed by atoms with Gasteiger partial charge in [0.25, 0.3) is 0 Å². The molecule has 0 unspecified atom stereocenters. The van der Waals surface area contributed by atoms with Crippen LogP contribution in [0.3, 0.4) is 0 Å². The molecule has 1 amide bonds. The molecule has 2 heterocycles. The summed E-state index contributed by atoms with van der Waals surface area (Å²) in [6, 6.07) is 5.67. The molecule has 18 heavy (non-hydrogen) atoms. The van der Waals surface area contributed by atoms with Crippen LogP contribution in [0.4, 0.5) is 0 Å². The second kappa shape index (κ2) is 6.16. The van der Waals surface area contributed by atoms with E-state index in [0.717, 1.165) is 11.5 Å². The summed E-state index contributed by atoms with van der Waals surface area (Å²) < 4.78 is 1.94. The Labute approximate surface area is 110 Å². The topological polar surface area (TPSA) is 59.8 Å². The van der Waals surface area contributed by atoms with Crippen molar-refractivity contribution < 1.29 is 4.79 Å². The third-order valence-electron chi connectivity index (χ3n) is 2.41. The van der Waals surface area contributed by atoms with Crippen LogP contribution in [-0.2, 0) is 11.3 Å². The van der Waals surface area contributed by atoms with Crippen LogP contribution in [0, 0.1) is 0 Å². The summed E-state index contributed by atoms with van der Waals surface area (Å²) in [6.07, 6.45) is 5.30. The number of rotatable bonds is 5. The Balaban J connectivity index is 2.03. The molecule has 0 aliphatic heterocycles. The van der Waals surface area contributed by atoms with Crippen LogP contribution in [0.5, 0.6) is 0 Å². The van der Waals surface area contributed by atoms with Gasteiger partial charge < -0.3 is 9.88 Å². The van der Waals surface area contributed by atoms with Gasteiger partial charge in [0.05, 0.1) is 0 Å². The Morgan fingerprint density at radius 3 is 2.94 bits per heavy atom. The Hall–Kier alpha value is -1.88. The number of carbonyl (C=O) groups is 1. The molecule has 0 saturated heterocycles. The molecule has 0 radical (unpaired) electrons. The van der Waals surface area contributed by atoms with E-state index in [4.69, 9.17) is 11.6 Å². The molecule has 0 spiro atoms. The molecule has 1 N–H and O–H groups in total. The normalized spacial score (nSPS) is 10.3. The Morgan fingerprint density at radius 1 is 1.33 bits per heavy atom. The summed E-state index contributed by atoms with van der Waals surface area (Å²) in [6.45, 7) is 1.15. The molecule has 0 bridgehead atoms. The average Bonchev–Trinajstić information content (AvgIpc) is 2.88. The summed E-state index contributed by atoms with van der Waals surface area (Å²) in [7, 11) is 0. The van der Waals surface area contributed by atoms with E-state index in [1.807, 2.05) is 29.0 Å². The number of pyridine rings is 1. The van der Waals surface area contributed by atoms with Crippen molar-refractivity contribution in [2.45, 2.75) is 6.54 Å². The lowest BCUT2D eigenvalue weighted by atomic mass is 10.3. The molecular formula is C12H13ClN4O. The largest absolute Gasteiger partial charge is 0.353 e. The maximum absolute atomic E-state index is 11.0. The minimum Gasteiger partial charge on any atom is -0.353 e. The molecule has 2 aromatic heterocycles. The van der Waals surface area contributed by atoms with Crippen LogP contribution in [0.2, 0.25) is 0 Å². The monoisotopic (exact) mass is 264 g/mol. The molecule has 2 rings (SSSR count). The van der Waals surface area contributed by atoms with E-state index < -0.39 is 0 Å². The maximum Gasteiger partial charge on any atom is 0.234 e. The minimum atomic E-state index is -0.170. The van der Waals surface area contributed by atoms with E-state index in [0.29, 0.717) is 13.1 Å². The van der Waals surface area contributed by atoms with Crippen molar-refractivity contribution in [3.63, 3.8) is 0 Å². The first-order chi connectivity index (χ1) is 8.81. The van der Waals surface area contributed by atoms with Gasteiger partial charge in [-0.2, -0.15) is 0 Å². The highest BCUT2D eigenvalue weighted by Gasteiger charge is 2.06. The molecule has 0 aliphatic carbocycles. The fourth-order valence-corrected chi connectivity index (χ4v) is 1.68. The van der Waals surface area contributed by atoms with Crippen molar-refractivity contribution in [2.75, 3.05) is 12.4 Å². The van der Waals surface area contributed by atoms with Gasteiger partial charge in [-0.3, -0.25) is 9.78 Å². The SMILES string of the molecule is O=C(CCl)NCCn1ccnc1-c1ccccn1. The molecule has 0 aromatic carbocycles. The maximum atomic E-state index is 11.0. The van der Waals surface area contributed by atoms with Crippen LogP contribution >= 0.6 is 11.6 Å². The lowest BCUT2D eigenvalue weighted by molar-refractivity contribution is -0.118. The molecule has 0 saturated carbocycles. The molecular weight excluding hydrogens is 252 g/mol. The van der Waals surface area contributed by atoms with Crippen LogP contribution in [0.25, 0.3) is 11.5 Å². The van der Waals surface area contributed by atoms with Gasteiger partial charge in [-0.15, -0.1) is 11.6 Å². The Morgan fingerprint density at radius 2 is 2.22 bits per heavy atom. The van der Waals surface area contributed by atoms with E-state index in [9.17, 15) is 4.79 Å². The highest BCUT2D eigenvalue weighted by atomic mass is 35.5. The average molecular weight is 265 g/mol. The van der Waals surface area contributed by atoms with E-state index in [-0.39, 0.29) is 11.8 Å². The number of halogens is 1. The third-order valence-corrected chi connectivity index (χ3v) is 2.65. The highest BCUT2D eigenvalue weighted by molar-refractivity contribution is 6.27. The number of imidazole rings is 1. The fraction of sp³-hybridized carbons (Fsp3) is 0.250. The molecule has 2 aromatic rings. The summed E-state index contributed by atoms with van der Waals surface area (Å²) in [5.74, 6) is 0.601. The number of hydrogen-bond acceptors (Lipinski definition) is 3. The van der Waals surface area contributed by atoms with Crippen molar-refractivity contribution in [2.24, 2.45) is 0 Å². The first-order valence-corrected chi connectivity index (χ1v) is 6.10. The second-order valence-electron chi connectivity index (χ2n) is 3.64. The van der Waals surface area contributed by atoms with E-state index in [2.05, 4.69) is 15.3 Å². The number of alkyl halides is 1. The summed E-state index contributed by atoms with van der Waals surface area (Å²) in [5, 5.41) is 2.71. The first-order valence-electron chi connectivity index (χ1n) is 5.56. The summed E-state index contributed by atoms with van der Waals surface area (Å²) in [4.78, 5) is 19.5. The second-order valence-corrected chi connectivity index (χ2v) is 3.91. The van der Waals surface area contributed by atoms with Crippen molar-refractivity contribution in [3.05, 3.63) is 36.8 Å². The zero-order valence-corrected chi connectivity index (χ0v) is 10.5. The minimum absolute atomic E-state index is 0.0168. The van der Waals surface area contributed by atoms with Gasteiger partial charge in [0, 0.05) is 31.7 Å². The van der Waals surface area contributed by atoms with Crippen LogP contribution in [0.1, 0.15) is 0 Å². The third kappa shape index (κ3) is 3.07. The fourth-order valence-electron chi connectivity index (χ4n) is 1.58. The summed E-state index contributed by atoms with van der Waals surface area (Å²) >= 11 is 5.40. The number of hydrogen-bond donors (Lipinski definition) is 1. The summed E-state index contributed by atoms with van der Waals surface area (Å²) in [5.41, 5.74) is 0.811. The quantitative estimate of drug-likeness (QED) is 0.828. The molecule has 5 nitrogen and oxygen atoms in total. The van der Waals surface area contributed by atoms with Crippen LogP contribution in [-0.4, -0.2) is 32.9 Å². The van der Waals surface area contributed by atoms with Gasteiger partial charge in [0.1, 0.15) is 11.6 Å². The van der Waals surface area contributed by atoms with E-state index in [1.165, 1.54) is 0 Å².